The van der Waals surface area contributed by atoms with Crippen LogP contribution in [0.15, 0.2) is 32.8 Å². The van der Waals surface area contributed by atoms with Gasteiger partial charge in [-0.25, -0.2) is 10.4 Å². The molecule has 6 heteroatoms. The fourth-order valence-corrected chi connectivity index (χ4v) is 1.81. The van der Waals surface area contributed by atoms with Crippen LogP contribution >= 0.6 is 15.9 Å². The highest BCUT2D eigenvalue weighted by Gasteiger charge is 2.04. The minimum absolute atomic E-state index is 0.719. The molecule has 0 unspecified atom stereocenters. The van der Waals surface area contributed by atoms with E-state index in [4.69, 9.17) is 5.73 Å². The molecule has 0 aliphatic carbocycles. The number of benzene rings is 1. The fourth-order valence-electron chi connectivity index (χ4n) is 1.43. The lowest BCUT2D eigenvalue weighted by molar-refractivity contribution is 0.917. The second kappa shape index (κ2) is 5.18. The Bertz CT molecular complexity index is 481. The number of nitrogen functional groups attached to an aromatic ring is 1. The maximum atomic E-state index is 5.73. The summed E-state index contributed by atoms with van der Waals surface area (Å²) in [5.74, 6) is 0.721. The van der Waals surface area contributed by atoms with Gasteiger partial charge in [0, 0.05) is 16.7 Å². The summed E-state index contributed by atoms with van der Waals surface area (Å²) >= 11 is 3.40. The van der Waals surface area contributed by atoms with Gasteiger partial charge < -0.3 is 11.1 Å². The van der Waals surface area contributed by atoms with Crippen LogP contribution < -0.4 is 16.5 Å². The van der Waals surface area contributed by atoms with Gasteiger partial charge >= 0.3 is 0 Å². The van der Waals surface area contributed by atoms with Crippen LogP contribution in [0, 0.1) is 0 Å². The van der Waals surface area contributed by atoms with Gasteiger partial charge in [0.15, 0.2) is 0 Å². The van der Waals surface area contributed by atoms with Crippen molar-refractivity contribution >= 4 is 33.3 Å². The van der Waals surface area contributed by atoms with E-state index in [1.54, 1.807) is 0 Å². The van der Waals surface area contributed by atoms with E-state index in [0.717, 1.165) is 40.5 Å². The van der Waals surface area contributed by atoms with Crippen LogP contribution in [0.25, 0.3) is 0 Å². The van der Waals surface area contributed by atoms with E-state index in [-0.39, 0.29) is 0 Å². The van der Waals surface area contributed by atoms with E-state index in [0.29, 0.717) is 0 Å². The average Bonchev–Trinajstić information content (AvgIpc) is 2.82. The van der Waals surface area contributed by atoms with Crippen molar-refractivity contribution in [3.8, 4) is 0 Å². The Morgan fingerprint density at radius 1 is 1.59 bits per heavy atom. The first-order valence-corrected chi connectivity index (χ1v) is 6.10. The molecule has 2 rings (SSSR count). The molecular weight excluding hydrogens is 282 g/mol. The lowest BCUT2D eigenvalue weighted by Gasteiger charge is -2.05. The molecular formula is C11H14BrN5. The van der Waals surface area contributed by atoms with Crippen LogP contribution in [-0.2, 0) is 0 Å². The van der Waals surface area contributed by atoms with Crippen molar-refractivity contribution in [1.29, 1.82) is 0 Å². The number of guanidine groups is 1. The molecule has 0 radical (unpaired) electrons. The first-order chi connectivity index (χ1) is 8.16. The number of hydrogen-bond donors (Lipinski definition) is 3. The minimum Gasteiger partial charge on any atom is -0.398 e. The van der Waals surface area contributed by atoms with Gasteiger partial charge in [0.25, 0.3) is 0 Å². The molecule has 0 saturated carbocycles. The Balaban J connectivity index is 2.09. The van der Waals surface area contributed by atoms with Gasteiger partial charge in [0.1, 0.15) is 0 Å². The summed E-state index contributed by atoms with van der Waals surface area (Å²) in [5, 5.41) is 7.35. The summed E-state index contributed by atoms with van der Waals surface area (Å²) in [6.07, 6.45) is 0. The number of hydrogen-bond acceptors (Lipinski definition) is 5. The minimum atomic E-state index is 0.719. The second-order valence-corrected chi connectivity index (χ2v) is 4.56. The number of rotatable bonds is 2. The summed E-state index contributed by atoms with van der Waals surface area (Å²) in [6.45, 7) is 3.59. The summed E-state index contributed by atoms with van der Waals surface area (Å²) in [4.78, 5) is 4.19. The highest BCUT2D eigenvalue weighted by molar-refractivity contribution is 9.10. The van der Waals surface area contributed by atoms with E-state index < -0.39 is 0 Å². The molecule has 0 amide bonds. The molecule has 4 N–H and O–H groups in total. The van der Waals surface area contributed by atoms with Gasteiger partial charge in [-0.3, -0.25) is 0 Å². The molecule has 1 aliphatic rings. The number of nitrogens with one attached hydrogen (secondary N) is 2. The van der Waals surface area contributed by atoms with E-state index in [9.17, 15) is 0 Å². The standard InChI is InChI=1S/C11H14BrN5/c1-7(16-17-11-14-4-5-15-11)8-2-3-10(13)9(12)6-8/h2-3,6H,4-5,13H2,1H3,(H2,14,15,17). The largest absolute Gasteiger partial charge is 0.398 e. The monoisotopic (exact) mass is 295 g/mol. The molecule has 0 atom stereocenters. The van der Waals surface area contributed by atoms with Crippen molar-refractivity contribution in [2.45, 2.75) is 6.92 Å². The van der Waals surface area contributed by atoms with Gasteiger partial charge in [-0.05, 0) is 40.5 Å². The Morgan fingerprint density at radius 2 is 2.41 bits per heavy atom. The lowest BCUT2D eigenvalue weighted by atomic mass is 10.1. The SMILES string of the molecule is CC(=NNC1=NCCN1)c1ccc(N)c(Br)c1. The molecule has 1 heterocycles. The Labute approximate surface area is 108 Å². The molecule has 90 valence electrons. The van der Waals surface area contributed by atoms with Crippen LogP contribution in [0.3, 0.4) is 0 Å². The zero-order chi connectivity index (χ0) is 12.3. The molecule has 1 aromatic carbocycles. The summed E-state index contributed by atoms with van der Waals surface area (Å²) < 4.78 is 0.876. The predicted octanol–water partition coefficient (Wildman–Crippen LogP) is 1.30. The molecule has 0 bridgehead atoms. The molecule has 5 nitrogen and oxygen atoms in total. The lowest BCUT2D eigenvalue weighted by Crippen LogP contribution is -2.30. The third-order valence-electron chi connectivity index (χ3n) is 2.42. The van der Waals surface area contributed by atoms with Crippen LogP contribution in [-0.4, -0.2) is 24.8 Å². The van der Waals surface area contributed by atoms with Gasteiger partial charge in [0.2, 0.25) is 5.96 Å². The average molecular weight is 296 g/mol. The normalized spacial score (nSPS) is 15.4. The molecule has 0 fully saturated rings. The Kier molecular flexibility index (Phi) is 3.63. The quantitative estimate of drug-likeness (QED) is 0.437. The number of nitrogens with zero attached hydrogens (tertiary/aromatic N) is 2. The van der Waals surface area contributed by atoms with E-state index in [2.05, 4.69) is 36.8 Å². The van der Waals surface area contributed by atoms with Gasteiger partial charge in [-0.1, -0.05) is 6.07 Å². The van der Waals surface area contributed by atoms with Gasteiger partial charge in [-0.2, -0.15) is 5.10 Å². The topological polar surface area (TPSA) is 74.8 Å². The molecule has 17 heavy (non-hydrogen) atoms. The van der Waals surface area contributed by atoms with Crippen LogP contribution in [0.5, 0.6) is 0 Å². The van der Waals surface area contributed by atoms with Crippen molar-refractivity contribution in [3.05, 3.63) is 28.2 Å². The number of anilines is 1. The van der Waals surface area contributed by atoms with Crippen LogP contribution in [0.4, 0.5) is 5.69 Å². The van der Waals surface area contributed by atoms with E-state index in [1.807, 2.05) is 25.1 Å². The third-order valence-corrected chi connectivity index (χ3v) is 3.11. The summed E-state index contributed by atoms with van der Waals surface area (Å²) in [6, 6.07) is 5.73. The number of aliphatic imine (C=N–C) groups is 1. The third kappa shape index (κ3) is 2.97. The number of nitrogens with two attached hydrogens (primary N) is 1. The zero-order valence-electron chi connectivity index (χ0n) is 9.50. The maximum Gasteiger partial charge on any atom is 0.212 e. The number of hydrazone groups is 1. The molecule has 0 saturated heterocycles. The maximum absolute atomic E-state index is 5.73. The van der Waals surface area contributed by atoms with Crippen molar-refractivity contribution in [1.82, 2.24) is 10.7 Å². The summed E-state index contributed by atoms with van der Waals surface area (Å²) in [7, 11) is 0. The van der Waals surface area contributed by atoms with E-state index in [1.165, 1.54) is 0 Å². The highest BCUT2D eigenvalue weighted by atomic mass is 79.9. The smallest absolute Gasteiger partial charge is 0.212 e. The first-order valence-electron chi connectivity index (χ1n) is 5.31. The Morgan fingerprint density at radius 3 is 3.06 bits per heavy atom. The number of halogens is 1. The van der Waals surface area contributed by atoms with Gasteiger partial charge in [-0.15, -0.1) is 0 Å². The van der Waals surface area contributed by atoms with Crippen LogP contribution in [0.2, 0.25) is 0 Å². The van der Waals surface area contributed by atoms with Crippen molar-refractivity contribution in [2.75, 3.05) is 18.8 Å². The first kappa shape index (κ1) is 11.9. The van der Waals surface area contributed by atoms with Crippen molar-refractivity contribution in [3.63, 3.8) is 0 Å². The van der Waals surface area contributed by atoms with E-state index >= 15 is 0 Å². The fraction of sp³-hybridized carbons (Fsp3) is 0.273. The highest BCUT2D eigenvalue weighted by Crippen LogP contribution is 2.20. The molecule has 0 spiro atoms. The molecule has 1 aliphatic heterocycles. The Hall–Kier alpha value is -1.56. The molecule has 1 aromatic rings. The summed E-state index contributed by atoms with van der Waals surface area (Å²) in [5.41, 5.74) is 11.2. The van der Waals surface area contributed by atoms with Gasteiger partial charge in [0.05, 0.1) is 12.3 Å². The zero-order valence-corrected chi connectivity index (χ0v) is 11.1. The van der Waals surface area contributed by atoms with Crippen molar-refractivity contribution in [2.24, 2.45) is 10.1 Å². The predicted molar refractivity (Wildman–Crippen MR) is 74.2 cm³/mol. The van der Waals surface area contributed by atoms with Crippen molar-refractivity contribution < 1.29 is 0 Å². The molecule has 0 aromatic heterocycles. The second-order valence-electron chi connectivity index (χ2n) is 3.70. The van der Waals surface area contributed by atoms with Crippen LogP contribution in [0.1, 0.15) is 12.5 Å².